The van der Waals surface area contributed by atoms with E-state index in [1.165, 1.54) is 6.07 Å². The maximum atomic E-state index is 13.0. The molecule has 5 nitrogen and oxygen atoms in total. The number of ketones is 1. The maximum absolute atomic E-state index is 13.0. The van der Waals surface area contributed by atoms with Gasteiger partial charge in [-0.2, -0.15) is 0 Å². The van der Waals surface area contributed by atoms with E-state index in [1.807, 2.05) is 6.07 Å². The number of methoxy groups -OCH3 is 1. The zero-order valence-electron chi connectivity index (χ0n) is 13.6. The number of nitrogens with zero attached hydrogens (tertiary/aromatic N) is 1. The summed E-state index contributed by atoms with van der Waals surface area (Å²) < 4.78 is 5.11. The predicted octanol–water partition coefficient (Wildman–Crippen LogP) is 4.09. The number of non-ortho nitro benzene ring substituents is 1. The van der Waals surface area contributed by atoms with Crippen molar-refractivity contribution in [2.75, 3.05) is 7.11 Å². The van der Waals surface area contributed by atoms with Crippen molar-refractivity contribution < 1.29 is 14.5 Å². The normalized spacial score (nSPS) is 12.4. The fourth-order valence-electron chi connectivity index (χ4n) is 3.55. The number of hydrogen-bond donors (Lipinski definition) is 0. The summed E-state index contributed by atoms with van der Waals surface area (Å²) in [6.07, 6.45) is 1.70. The Labute approximate surface area is 144 Å². The van der Waals surface area contributed by atoms with Gasteiger partial charge in [-0.25, -0.2) is 0 Å². The van der Waals surface area contributed by atoms with Crippen molar-refractivity contribution in [3.8, 4) is 5.75 Å². The van der Waals surface area contributed by atoms with Crippen LogP contribution < -0.4 is 4.74 Å². The molecular weight excluding hydrogens is 318 g/mol. The lowest BCUT2D eigenvalue weighted by atomic mass is 9.93. The number of aryl methyl sites for hydroxylation is 2. The number of nitro groups is 1. The first-order valence-electron chi connectivity index (χ1n) is 8.01. The van der Waals surface area contributed by atoms with E-state index in [1.54, 1.807) is 43.5 Å². The van der Waals surface area contributed by atoms with E-state index in [0.29, 0.717) is 22.3 Å². The van der Waals surface area contributed by atoms with Crippen LogP contribution in [0.1, 0.15) is 27.0 Å². The van der Waals surface area contributed by atoms with Crippen molar-refractivity contribution in [3.63, 3.8) is 0 Å². The highest BCUT2D eigenvalue weighted by molar-refractivity contribution is 6.19. The third kappa shape index (κ3) is 2.36. The number of ether oxygens (including phenoxy) is 1. The minimum atomic E-state index is -0.411. The van der Waals surface area contributed by atoms with Gasteiger partial charge in [0.2, 0.25) is 0 Å². The minimum Gasteiger partial charge on any atom is -0.497 e. The number of hydrogen-bond acceptors (Lipinski definition) is 4. The molecule has 0 aromatic heterocycles. The Morgan fingerprint density at radius 3 is 2.20 bits per heavy atom. The van der Waals surface area contributed by atoms with Crippen LogP contribution in [-0.4, -0.2) is 17.8 Å². The first kappa shape index (κ1) is 15.3. The van der Waals surface area contributed by atoms with Gasteiger partial charge in [-0.05, 0) is 59.7 Å². The molecular formula is C20H15NO4. The van der Waals surface area contributed by atoms with Crippen molar-refractivity contribution in [2.45, 2.75) is 12.8 Å². The fraction of sp³-hybridized carbons (Fsp3) is 0.150. The van der Waals surface area contributed by atoms with Crippen LogP contribution in [0.2, 0.25) is 0 Å². The topological polar surface area (TPSA) is 69.4 Å². The summed E-state index contributed by atoms with van der Waals surface area (Å²) in [6.45, 7) is 0. The van der Waals surface area contributed by atoms with E-state index in [-0.39, 0.29) is 11.5 Å². The standard InChI is InChI=1S/C20H15NO4/c1-25-15-8-4-14(5-9-15)20(22)16-10-6-12-2-3-13-7-11-17(21(23)24)19(16)18(12)13/h4-11H,2-3H2,1H3. The Balaban J connectivity index is 1.95. The molecule has 0 atom stereocenters. The second-order valence-corrected chi connectivity index (χ2v) is 6.08. The molecule has 124 valence electrons. The first-order chi connectivity index (χ1) is 12.1. The Morgan fingerprint density at radius 1 is 0.960 bits per heavy atom. The number of rotatable bonds is 4. The predicted molar refractivity (Wildman–Crippen MR) is 94.4 cm³/mol. The van der Waals surface area contributed by atoms with Gasteiger partial charge in [-0.1, -0.05) is 12.1 Å². The molecule has 0 spiro atoms. The SMILES string of the molecule is COc1ccc(C(=O)c2ccc3c4c(ccc([N+](=O)[O-])c24)CC3)cc1. The Morgan fingerprint density at radius 2 is 1.60 bits per heavy atom. The lowest BCUT2D eigenvalue weighted by molar-refractivity contribution is -0.383. The van der Waals surface area contributed by atoms with Crippen molar-refractivity contribution in [3.05, 3.63) is 80.9 Å². The van der Waals surface area contributed by atoms with Gasteiger partial charge in [-0.3, -0.25) is 14.9 Å². The van der Waals surface area contributed by atoms with Gasteiger partial charge in [0.15, 0.2) is 5.78 Å². The maximum Gasteiger partial charge on any atom is 0.277 e. The molecule has 0 radical (unpaired) electrons. The lowest BCUT2D eigenvalue weighted by Gasteiger charge is -2.09. The molecule has 5 heteroatoms. The zero-order chi connectivity index (χ0) is 17.6. The molecule has 0 fully saturated rings. The smallest absolute Gasteiger partial charge is 0.277 e. The molecule has 1 aliphatic rings. The summed E-state index contributed by atoms with van der Waals surface area (Å²) in [5.41, 5.74) is 2.98. The molecule has 0 bridgehead atoms. The van der Waals surface area contributed by atoms with Crippen LogP contribution in [-0.2, 0) is 12.8 Å². The van der Waals surface area contributed by atoms with Gasteiger partial charge in [0.25, 0.3) is 5.69 Å². The Hall–Kier alpha value is -3.21. The summed E-state index contributed by atoms with van der Waals surface area (Å²) in [4.78, 5) is 24.1. The summed E-state index contributed by atoms with van der Waals surface area (Å²) in [5, 5.41) is 12.9. The van der Waals surface area contributed by atoms with Gasteiger partial charge in [-0.15, -0.1) is 0 Å². The van der Waals surface area contributed by atoms with E-state index in [0.717, 1.165) is 29.4 Å². The van der Waals surface area contributed by atoms with Gasteiger partial charge < -0.3 is 4.74 Å². The van der Waals surface area contributed by atoms with Crippen LogP contribution in [0.25, 0.3) is 10.8 Å². The number of carbonyl (C=O) groups excluding carboxylic acids is 1. The number of benzene rings is 3. The highest BCUT2D eigenvalue weighted by atomic mass is 16.6. The molecule has 0 N–H and O–H groups in total. The fourth-order valence-corrected chi connectivity index (χ4v) is 3.55. The van der Waals surface area contributed by atoms with E-state index in [9.17, 15) is 14.9 Å². The zero-order valence-corrected chi connectivity index (χ0v) is 13.6. The molecule has 0 saturated heterocycles. The van der Waals surface area contributed by atoms with E-state index >= 15 is 0 Å². The highest BCUT2D eigenvalue weighted by Gasteiger charge is 2.26. The summed E-state index contributed by atoms with van der Waals surface area (Å²) in [6, 6.07) is 13.7. The van der Waals surface area contributed by atoms with Crippen LogP contribution in [0.15, 0.2) is 48.5 Å². The van der Waals surface area contributed by atoms with Gasteiger partial charge in [0, 0.05) is 17.2 Å². The minimum absolute atomic E-state index is 0.0145. The number of carbonyl (C=O) groups is 1. The van der Waals surface area contributed by atoms with Crippen molar-refractivity contribution in [1.82, 2.24) is 0 Å². The molecule has 0 amide bonds. The second-order valence-electron chi connectivity index (χ2n) is 6.08. The van der Waals surface area contributed by atoms with Crippen LogP contribution in [0.5, 0.6) is 5.75 Å². The van der Waals surface area contributed by atoms with Gasteiger partial charge in [0.1, 0.15) is 5.75 Å². The monoisotopic (exact) mass is 333 g/mol. The van der Waals surface area contributed by atoms with Crippen molar-refractivity contribution in [2.24, 2.45) is 0 Å². The summed E-state index contributed by atoms with van der Waals surface area (Å²) in [7, 11) is 1.56. The van der Waals surface area contributed by atoms with E-state index in [4.69, 9.17) is 4.74 Å². The third-order valence-corrected chi connectivity index (χ3v) is 4.77. The molecule has 4 rings (SSSR count). The van der Waals surface area contributed by atoms with Crippen LogP contribution in [0.4, 0.5) is 5.69 Å². The molecule has 1 aliphatic carbocycles. The Kier molecular flexibility index (Phi) is 3.50. The largest absolute Gasteiger partial charge is 0.497 e. The van der Waals surface area contributed by atoms with Crippen LogP contribution in [0.3, 0.4) is 0 Å². The molecule has 3 aromatic rings. The molecule has 25 heavy (non-hydrogen) atoms. The van der Waals surface area contributed by atoms with Crippen molar-refractivity contribution >= 4 is 22.2 Å². The molecule has 0 unspecified atom stereocenters. The van der Waals surface area contributed by atoms with Gasteiger partial charge >= 0.3 is 0 Å². The molecule has 0 aliphatic heterocycles. The van der Waals surface area contributed by atoms with Crippen LogP contribution >= 0.6 is 0 Å². The van der Waals surface area contributed by atoms with E-state index < -0.39 is 4.92 Å². The molecule has 0 heterocycles. The van der Waals surface area contributed by atoms with Crippen molar-refractivity contribution in [1.29, 1.82) is 0 Å². The number of nitro benzene ring substituents is 1. The first-order valence-corrected chi connectivity index (χ1v) is 8.01. The van der Waals surface area contributed by atoms with Gasteiger partial charge in [0.05, 0.1) is 17.4 Å². The summed E-state index contributed by atoms with van der Waals surface area (Å²) >= 11 is 0. The second kappa shape index (κ2) is 5.70. The molecule has 3 aromatic carbocycles. The highest BCUT2D eigenvalue weighted by Crippen LogP contribution is 2.39. The third-order valence-electron chi connectivity index (χ3n) is 4.77. The Bertz CT molecular complexity index is 1010. The quantitative estimate of drug-likeness (QED) is 0.410. The molecule has 0 saturated carbocycles. The average Bonchev–Trinajstić information content (AvgIpc) is 3.06. The van der Waals surface area contributed by atoms with E-state index in [2.05, 4.69) is 0 Å². The average molecular weight is 333 g/mol. The lowest BCUT2D eigenvalue weighted by Crippen LogP contribution is -2.04. The van der Waals surface area contributed by atoms with Crippen LogP contribution in [0, 0.1) is 10.1 Å². The summed E-state index contributed by atoms with van der Waals surface area (Å²) in [5.74, 6) is 0.435.